The number of amides is 1. The maximum absolute atomic E-state index is 13.4. The fourth-order valence-corrected chi connectivity index (χ4v) is 1.48. The Balaban J connectivity index is 2.24. The molecule has 1 heterocycles. The van der Waals surface area contributed by atoms with Crippen molar-refractivity contribution in [1.29, 1.82) is 0 Å². The first-order valence-corrected chi connectivity index (χ1v) is 5.25. The van der Waals surface area contributed by atoms with Gasteiger partial charge in [-0.05, 0) is 19.1 Å². The zero-order valence-electron chi connectivity index (χ0n) is 9.87. The van der Waals surface area contributed by atoms with Gasteiger partial charge in [-0.15, -0.1) is 0 Å². The Bertz CT molecular complexity index is 588. The lowest BCUT2D eigenvalue weighted by Gasteiger charge is -2.03. The van der Waals surface area contributed by atoms with E-state index in [4.69, 9.17) is 0 Å². The van der Waals surface area contributed by atoms with Gasteiger partial charge in [-0.25, -0.2) is 8.78 Å². The minimum absolute atomic E-state index is 0.295. The van der Waals surface area contributed by atoms with Crippen LogP contribution >= 0.6 is 0 Å². The van der Waals surface area contributed by atoms with Gasteiger partial charge in [-0.2, -0.15) is 5.10 Å². The highest BCUT2D eigenvalue weighted by Gasteiger charge is 2.16. The van der Waals surface area contributed by atoms with Gasteiger partial charge >= 0.3 is 0 Å². The third kappa shape index (κ3) is 2.22. The molecule has 1 aromatic carbocycles. The van der Waals surface area contributed by atoms with Crippen molar-refractivity contribution in [2.45, 2.75) is 6.92 Å². The van der Waals surface area contributed by atoms with E-state index in [2.05, 4.69) is 10.4 Å². The van der Waals surface area contributed by atoms with Crippen molar-refractivity contribution in [3.8, 4) is 0 Å². The lowest BCUT2D eigenvalue weighted by molar-refractivity contribution is 0.102. The fourth-order valence-electron chi connectivity index (χ4n) is 1.48. The Morgan fingerprint density at radius 1 is 1.39 bits per heavy atom. The summed E-state index contributed by atoms with van der Waals surface area (Å²) in [4.78, 5) is 11.7. The van der Waals surface area contributed by atoms with Gasteiger partial charge in [0.15, 0.2) is 17.5 Å². The molecule has 0 spiro atoms. The highest BCUT2D eigenvalue weighted by atomic mass is 19.2. The zero-order valence-corrected chi connectivity index (χ0v) is 9.87. The van der Waals surface area contributed by atoms with Crippen molar-refractivity contribution in [2.75, 3.05) is 5.32 Å². The van der Waals surface area contributed by atoms with E-state index in [0.29, 0.717) is 5.82 Å². The second kappa shape index (κ2) is 4.56. The van der Waals surface area contributed by atoms with Crippen molar-refractivity contribution in [3.63, 3.8) is 0 Å². The summed E-state index contributed by atoms with van der Waals surface area (Å²) in [5, 5.41) is 6.41. The number of carbonyl (C=O) groups is 1. The largest absolute Gasteiger partial charge is 0.305 e. The molecule has 0 saturated carbocycles. The summed E-state index contributed by atoms with van der Waals surface area (Å²) in [6.07, 6.45) is 0. The molecular weight excluding hydrogens is 240 g/mol. The summed E-state index contributed by atoms with van der Waals surface area (Å²) in [6.45, 7) is 1.81. The van der Waals surface area contributed by atoms with Gasteiger partial charge in [0.05, 0.1) is 5.56 Å². The number of hydrogen-bond acceptors (Lipinski definition) is 2. The van der Waals surface area contributed by atoms with Gasteiger partial charge in [0.2, 0.25) is 0 Å². The Morgan fingerprint density at radius 2 is 2.11 bits per heavy atom. The van der Waals surface area contributed by atoms with Crippen LogP contribution in [0.4, 0.5) is 14.6 Å². The summed E-state index contributed by atoms with van der Waals surface area (Å²) in [7, 11) is 1.72. The first-order chi connectivity index (χ1) is 8.49. The highest BCUT2D eigenvalue weighted by molar-refractivity contribution is 6.03. The molecule has 0 aliphatic rings. The van der Waals surface area contributed by atoms with E-state index < -0.39 is 17.5 Å². The van der Waals surface area contributed by atoms with Gasteiger partial charge in [0.1, 0.15) is 0 Å². The van der Waals surface area contributed by atoms with Crippen molar-refractivity contribution < 1.29 is 13.6 Å². The van der Waals surface area contributed by atoms with E-state index in [-0.39, 0.29) is 5.56 Å². The maximum atomic E-state index is 13.4. The van der Waals surface area contributed by atoms with E-state index in [0.717, 1.165) is 11.8 Å². The molecule has 94 valence electrons. The summed E-state index contributed by atoms with van der Waals surface area (Å²) in [5.41, 5.74) is 0.489. The number of aromatic nitrogens is 2. The van der Waals surface area contributed by atoms with E-state index >= 15 is 0 Å². The molecule has 0 unspecified atom stereocenters. The molecule has 0 fully saturated rings. The Labute approximate surface area is 102 Å². The van der Waals surface area contributed by atoms with Gasteiger partial charge < -0.3 is 5.32 Å². The van der Waals surface area contributed by atoms with Crippen molar-refractivity contribution in [3.05, 3.63) is 47.2 Å². The number of benzene rings is 1. The van der Waals surface area contributed by atoms with Gasteiger partial charge in [-0.3, -0.25) is 9.48 Å². The third-order valence-corrected chi connectivity index (χ3v) is 2.55. The molecule has 4 nitrogen and oxygen atoms in total. The van der Waals surface area contributed by atoms with Gasteiger partial charge in [0.25, 0.3) is 5.91 Å². The van der Waals surface area contributed by atoms with Crippen LogP contribution in [0.25, 0.3) is 0 Å². The predicted octanol–water partition coefficient (Wildman–Crippen LogP) is 2.26. The average molecular weight is 251 g/mol. The minimum atomic E-state index is -1.16. The van der Waals surface area contributed by atoms with Gasteiger partial charge in [-0.1, -0.05) is 6.07 Å². The standard InChI is InChI=1S/C12H11F2N3O/c1-7-6-10(16-17(7)2)15-12(18)8-4-3-5-9(13)11(8)14/h3-6H,1-2H3,(H,15,16,18). The van der Waals surface area contributed by atoms with Crippen LogP contribution in [-0.4, -0.2) is 15.7 Å². The molecule has 18 heavy (non-hydrogen) atoms. The molecule has 0 aliphatic heterocycles. The van der Waals surface area contributed by atoms with Crippen LogP contribution < -0.4 is 5.32 Å². The summed E-state index contributed by atoms with van der Waals surface area (Å²) < 4.78 is 27.9. The van der Waals surface area contributed by atoms with Crippen molar-refractivity contribution in [2.24, 2.45) is 7.05 Å². The van der Waals surface area contributed by atoms with E-state index in [1.165, 1.54) is 12.1 Å². The molecule has 2 rings (SSSR count). The molecule has 0 saturated heterocycles. The molecular formula is C12H11F2N3O. The molecule has 0 bridgehead atoms. The second-order valence-corrected chi connectivity index (χ2v) is 3.85. The molecule has 0 radical (unpaired) electrons. The molecule has 0 aliphatic carbocycles. The van der Waals surface area contributed by atoms with E-state index in [1.807, 2.05) is 6.92 Å². The number of carbonyl (C=O) groups excluding carboxylic acids is 1. The minimum Gasteiger partial charge on any atom is -0.305 e. The average Bonchev–Trinajstić information content (AvgIpc) is 2.61. The molecule has 1 amide bonds. The van der Waals surface area contributed by atoms with Crippen LogP contribution in [-0.2, 0) is 7.05 Å². The lowest BCUT2D eigenvalue weighted by Crippen LogP contribution is -2.15. The normalized spacial score (nSPS) is 10.4. The quantitative estimate of drug-likeness (QED) is 0.889. The van der Waals surface area contributed by atoms with Crippen LogP contribution in [0.5, 0.6) is 0 Å². The number of hydrogen-bond donors (Lipinski definition) is 1. The number of anilines is 1. The fraction of sp³-hybridized carbons (Fsp3) is 0.167. The van der Waals surface area contributed by atoms with Gasteiger partial charge in [0, 0.05) is 18.8 Å². The maximum Gasteiger partial charge on any atom is 0.259 e. The van der Waals surface area contributed by atoms with Crippen LogP contribution in [0.1, 0.15) is 16.1 Å². The highest BCUT2D eigenvalue weighted by Crippen LogP contribution is 2.14. The lowest BCUT2D eigenvalue weighted by atomic mass is 10.2. The van der Waals surface area contributed by atoms with E-state index in [9.17, 15) is 13.6 Å². The molecule has 0 atom stereocenters. The Hall–Kier alpha value is -2.24. The monoisotopic (exact) mass is 251 g/mol. The van der Waals surface area contributed by atoms with Crippen molar-refractivity contribution >= 4 is 11.7 Å². The smallest absolute Gasteiger partial charge is 0.259 e. The summed E-state index contributed by atoms with van der Waals surface area (Å²) >= 11 is 0. The number of halogens is 2. The summed E-state index contributed by atoms with van der Waals surface area (Å²) in [5.74, 6) is -2.66. The number of nitrogens with zero attached hydrogens (tertiary/aromatic N) is 2. The van der Waals surface area contributed by atoms with Crippen LogP contribution in [0.2, 0.25) is 0 Å². The topological polar surface area (TPSA) is 46.9 Å². The number of rotatable bonds is 2. The summed E-state index contributed by atoms with van der Waals surface area (Å²) in [6, 6.07) is 5.08. The molecule has 1 N–H and O–H groups in total. The van der Waals surface area contributed by atoms with Crippen LogP contribution in [0.3, 0.4) is 0 Å². The SMILES string of the molecule is Cc1cc(NC(=O)c2cccc(F)c2F)nn1C. The number of nitrogens with one attached hydrogen (secondary N) is 1. The third-order valence-electron chi connectivity index (χ3n) is 2.55. The molecule has 2 aromatic rings. The molecule has 1 aromatic heterocycles. The first kappa shape index (κ1) is 12.2. The van der Waals surface area contributed by atoms with Crippen LogP contribution in [0.15, 0.2) is 24.3 Å². The predicted molar refractivity (Wildman–Crippen MR) is 62.3 cm³/mol. The van der Waals surface area contributed by atoms with Crippen LogP contribution in [0, 0.1) is 18.6 Å². The Morgan fingerprint density at radius 3 is 2.72 bits per heavy atom. The van der Waals surface area contributed by atoms with Crippen molar-refractivity contribution in [1.82, 2.24) is 9.78 Å². The first-order valence-electron chi connectivity index (χ1n) is 5.25. The van der Waals surface area contributed by atoms with E-state index in [1.54, 1.807) is 17.8 Å². The Kier molecular flexibility index (Phi) is 3.10. The zero-order chi connectivity index (χ0) is 13.3. The number of aryl methyl sites for hydroxylation is 2. The molecule has 6 heteroatoms. The second-order valence-electron chi connectivity index (χ2n) is 3.85.